The fourth-order valence-corrected chi connectivity index (χ4v) is 3.35. The van der Waals surface area contributed by atoms with Gasteiger partial charge in [0.1, 0.15) is 11.4 Å². The highest BCUT2D eigenvalue weighted by atomic mass is 32.2. The minimum Gasteiger partial charge on any atom is -0.366 e. The number of nitrogens with two attached hydrogens (primary N) is 1. The standard InChI is InChI=1S/C20H20F3N7O3S/c1-30(34(2,32)33)16-4-3-9-25-15(16)11-26-18-14(20(21,22)23)10-27-19(29-18)28-13-7-5-12(6-8-13)17(24)31/h3-10H,11H2,1-2H3,(H2,24,31)(H2,26,27,28,29). The summed E-state index contributed by atoms with van der Waals surface area (Å²) in [6.45, 7) is -0.247. The zero-order chi connectivity index (χ0) is 25.1. The van der Waals surface area contributed by atoms with E-state index in [2.05, 4.69) is 25.6 Å². The van der Waals surface area contributed by atoms with Gasteiger partial charge < -0.3 is 16.4 Å². The third-order valence-electron chi connectivity index (χ3n) is 4.65. The number of anilines is 4. The van der Waals surface area contributed by atoms with E-state index in [-0.39, 0.29) is 29.4 Å². The molecule has 1 aromatic carbocycles. The molecule has 0 fully saturated rings. The van der Waals surface area contributed by atoms with Crippen LogP contribution in [0.4, 0.5) is 36.3 Å². The molecular formula is C20H20F3N7O3S. The molecule has 1 amide bonds. The zero-order valence-electron chi connectivity index (χ0n) is 18.0. The smallest absolute Gasteiger partial charge is 0.366 e. The fraction of sp³-hybridized carbons (Fsp3) is 0.200. The van der Waals surface area contributed by atoms with Gasteiger partial charge in [-0.3, -0.25) is 14.1 Å². The van der Waals surface area contributed by atoms with Gasteiger partial charge >= 0.3 is 6.18 Å². The van der Waals surface area contributed by atoms with Crippen molar-refractivity contribution in [2.75, 3.05) is 28.2 Å². The number of rotatable bonds is 8. The Morgan fingerprint density at radius 1 is 1.15 bits per heavy atom. The first kappa shape index (κ1) is 24.7. The Morgan fingerprint density at radius 2 is 1.82 bits per heavy atom. The van der Waals surface area contributed by atoms with Gasteiger partial charge in [-0.1, -0.05) is 0 Å². The highest BCUT2D eigenvalue weighted by Crippen LogP contribution is 2.34. The van der Waals surface area contributed by atoms with Gasteiger partial charge in [0.2, 0.25) is 21.9 Å². The number of nitrogens with zero attached hydrogens (tertiary/aromatic N) is 4. The molecule has 0 aliphatic rings. The molecule has 0 atom stereocenters. The summed E-state index contributed by atoms with van der Waals surface area (Å²) >= 11 is 0. The molecule has 0 aliphatic heterocycles. The Morgan fingerprint density at radius 3 is 2.41 bits per heavy atom. The second-order valence-corrected chi connectivity index (χ2v) is 9.09. The molecule has 10 nitrogen and oxygen atoms in total. The Labute approximate surface area is 193 Å². The van der Waals surface area contributed by atoms with Crippen LogP contribution < -0.4 is 20.7 Å². The Bertz CT molecular complexity index is 1300. The molecule has 180 valence electrons. The lowest BCUT2D eigenvalue weighted by Crippen LogP contribution is -2.26. The molecule has 0 bridgehead atoms. The lowest BCUT2D eigenvalue weighted by Gasteiger charge is -2.20. The van der Waals surface area contributed by atoms with Gasteiger partial charge in [-0.05, 0) is 36.4 Å². The van der Waals surface area contributed by atoms with E-state index in [9.17, 15) is 26.4 Å². The predicted molar refractivity (Wildman–Crippen MR) is 120 cm³/mol. The molecule has 0 aliphatic carbocycles. The van der Waals surface area contributed by atoms with E-state index < -0.39 is 33.5 Å². The van der Waals surface area contributed by atoms with Crippen molar-refractivity contribution < 1.29 is 26.4 Å². The van der Waals surface area contributed by atoms with Crippen LogP contribution in [0.1, 0.15) is 21.6 Å². The van der Waals surface area contributed by atoms with Crippen LogP contribution in [0.5, 0.6) is 0 Å². The summed E-state index contributed by atoms with van der Waals surface area (Å²) in [4.78, 5) is 22.9. The third kappa shape index (κ3) is 5.89. The number of carbonyl (C=O) groups excluding carboxylic acids is 1. The molecule has 4 N–H and O–H groups in total. The first-order valence-electron chi connectivity index (χ1n) is 9.59. The Hall–Kier alpha value is -3.94. The van der Waals surface area contributed by atoms with Crippen LogP contribution in [-0.4, -0.2) is 42.6 Å². The molecule has 0 unspecified atom stereocenters. The van der Waals surface area contributed by atoms with E-state index in [1.165, 1.54) is 49.6 Å². The van der Waals surface area contributed by atoms with Gasteiger partial charge in [-0.25, -0.2) is 13.4 Å². The number of carbonyl (C=O) groups is 1. The molecule has 0 saturated heterocycles. The number of pyridine rings is 1. The fourth-order valence-electron chi connectivity index (χ4n) is 2.83. The summed E-state index contributed by atoms with van der Waals surface area (Å²) in [5, 5.41) is 5.33. The van der Waals surface area contributed by atoms with E-state index in [1.54, 1.807) is 0 Å². The lowest BCUT2D eigenvalue weighted by atomic mass is 10.2. The monoisotopic (exact) mass is 495 g/mol. The number of hydrogen-bond acceptors (Lipinski definition) is 8. The normalized spacial score (nSPS) is 11.7. The van der Waals surface area contributed by atoms with E-state index in [0.717, 1.165) is 10.6 Å². The van der Waals surface area contributed by atoms with Gasteiger partial charge in [-0.15, -0.1) is 0 Å². The second-order valence-electron chi connectivity index (χ2n) is 7.07. The van der Waals surface area contributed by atoms with E-state index >= 15 is 0 Å². The number of halogens is 3. The second kappa shape index (κ2) is 9.51. The average molecular weight is 495 g/mol. The van der Waals surface area contributed by atoms with Crippen LogP contribution in [0, 0.1) is 0 Å². The van der Waals surface area contributed by atoms with Gasteiger partial charge in [-0.2, -0.15) is 18.2 Å². The van der Waals surface area contributed by atoms with Gasteiger partial charge in [0.25, 0.3) is 0 Å². The van der Waals surface area contributed by atoms with Crippen LogP contribution in [0.2, 0.25) is 0 Å². The van der Waals surface area contributed by atoms with Crippen molar-refractivity contribution in [1.82, 2.24) is 15.0 Å². The van der Waals surface area contributed by atoms with Crippen molar-refractivity contribution in [2.45, 2.75) is 12.7 Å². The van der Waals surface area contributed by atoms with Gasteiger partial charge in [0, 0.05) is 30.7 Å². The summed E-state index contributed by atoms with van der Waals surface area (Å²) < 4.78 is 65.4. The summed E-state index contributed by atoms with van der Waals surface area (Å²) in [5.74, 6) is -1.30. The Balaban J connectivity index is 1.89. The van der Waals surface area contributed by atoms with Crippen LogP contribution in [0.3, 0.4) is 0 Å². The largest absolute Gasteiger partial charge is 0.421 e. The van der Waals surface area contributed by atoms with E-state index in [4.69, 9.17) is 5.73 Å². The van der Waals surface area contributed by atoms with Crippen molar-refractivity contribution in [3.8, 4) is 0 Å². The van der Waals surface area contributed by atoms with Gasteiger partial charge in [0.05, 0.1) is 24.2 Å². The molecule has 3 rings (SSSR count). The molecule has 0 radical (unpaired) electrons. The maximum absolute atomic E-state index is 13.5. The number of hydrogen-bond donors (Lipinski definition) is 3. The van der Waals surface area contributed by atoms with E-state index in [0.29, 0.717) is 11.9 Å². The molecule has 2 heterocycles. The molecule has 2 aromatic heterocycles. The van der Waals surface area contributed by atoms with Crippen molar-refractivity contribution in [3.63, 3.8) is 0 Å². The maximum atomic E-state index is 13.5. The van der Waals surface area contributed by atoms with Crippen LogP contribution >= 0.6 is 0 Å². The minimum atomic E-state index is -4.75. The SMILES string of the molecule is CN(c1cccnc1CNc1nc(Nc2ccc(C(N)=O)cc2)ncc1C(F)(F)F)S(C)(=O)=O. The van der Waals surface area contributed by atoms with Crippen LogP contribution in [0.25, 0.3) is 0 Å². The quantitative estimate of drug-likeness (QED) is 0.433. The summed E-state index contributed by atoms with van der Waals surface area (Å²) in [6.07, 6.45) is -1.74. The molecule has 34 heavy (non-hydrogen) atoms. The number of sulfonamides is 1. The van der Waals surface area contributed by atoms with Crippen molar-refractivity contribution in [3.05, 3.63) is 65.6 Å². The van der Waals surface area contributed by atoms with Gasteiger partial charge in [0.15, 0.2) is 0 Å². The summed E-state index contributed by atoms with van der Waals surface area (Å²) in [5.41, 5.74) is 5.14. The number of benzene rings is 1. The molecule has 3 aromatic rings. The average Bonchev–Trinajstić information content (AvgIpc) is 2.76. The van der Waals surface area contributed by atoms with Crippen molar-refractivity contribution >= 4 is 39.1 Å². The molecule has 14 heteroatoms. The number of primary amides is 1. The topological polar surface area (TPSA) is 143 Å². The first-order valence-corrected chi connectivity index (χ1v) is 11.4. The summed E-state index contributed by atoms with van der Waals surface area (Å²) in [7, 11) is -2.31. The number of amides is 1. The number of aromatic nitrogens is 3. The lowest BCUT2D eigenvalue weighted by molar-refractivity contribution is -0.137. The van der Waals surface area contributed by atoms with Crippen LogP contribution in [0.15, 0.2) is 48.8 Å². The molecule has 0 saturated carbocycles. The first-order chi connectivity index (χ1) is 15.9. The predicted octanol–water partition coefficient (Wildman–Crippen LogP) is 2.74. The zero-order valence-corrected chi connectivity index (χ0v) is 18.8. The summed E-state index contributed by atoms with van der Waals surface area (Å²) in [6, 6.07) is 8.87. The van der Waals surface area contributed by atoms with Crippen molar-refractivity contribution in [2.24, 2.45) is 5.73 Å². The number of alkyl halides is 3. The third-order valence-corrected chi connectivity index (χ3v) is 5.84. The van der Waals surface area contributed by atoms with Crippen molar-refractivity contribution in [1.29, 1.82) is 0 Å². The highest BCUT2D eigenvalue weighted by molar-refractivity contribution is 7.92. The van der Waals surface area contributed by atoms with E-state index in [1.807, 2.05) is 0 Å². The number of nitrogens with one attached hydrogen (secondary N) is 2. The minimum absolute atomic E-state index is 0.142. The highest BCUT2D eigenvalue weighted by Gasteiger charge is 2.35. The Kier molecular flexibility index (Phi) is 6.91. The maximum Gasteiger partial charge on any atom is 0.421 e. The van der Waals surface area contributed by atoms with Crippen LogP contribution in [-0.2, 0) is 22.7 Å². The molecule has 0 spiro atoms. The molecular weight excluding hydrogens is 475 g/mol.